The summed E-state index contributed by atoms with van der Waals surface area (Å²) >= 11 is 1.86. The van der Waals surface area contributed by atoms with Gasteiger partial charge in [0.2, 0.25) is 0 Å². The van der Waals surface area contributed by atoms with Crippen molar-refractivity contribution in [1.29, 1.82) is 0 Å². The Kier molecular flexibility index (Phi) is 15.0. The summed E-state index contributed by atoms with van der Waals surface area (Å²) in [6.45, 7) is 14.5. The van der Waals surface area contributed by atoms with Crippen LogP contribution < -0.4 is 0 Å². The van der Waals surface area contributed by atoms with E-state index in [1.54, 1.807) is 0 Å². The normalized spacial score (nSPS) is 15.1. The van der Waals surface area contributed by atoms with Crippen molar-refractivity contribution in [2.45, 2.75) is 65.8 Å². The van der Waals surface area contributed by atoms with Crippen molar-refractivity contribution in [3.05, 3.63) is 23.9 Å². The Labute approximate surface area is 112 Å². The van der Waals surface area contributed by atoms with Gasteiger partial charge in [-0.2, -0.15) is 0 Å². The third kappa shape index (κ3) is 7.43. The van der Waals surface area contributed by atoms with Crippen LogP contribution in [0, 0.1) is 0 Å². The number of thioether (sulfide) groups is 1. The van der Waals surface area contributed by atoms with Crippen molar-refractivity contribution in [2.75, 3.05) is 5.75 Å². The van der Waals surface area contributed by atoms with Crippen LogP contribution in [-0.4, -0.2) is 10.7 Å². The van der Waals surface area contributed by atoms with Gasteiger partial charge in [-0.1, -0.05) is 61.0 Å². The Morgan fingerprint density at radius 3 is 2.24 bits per heavy atom. The summed E-state index contributed by atoms with van der Waals surface area (Å²) in [4.78, 5) is 4.27. The van der Waals surface area contributed by atoms with Crippen LogP contribution in [0.1, 0.15) is 66.4 Å². The second-order valence-electron chi connectivity index (χ2n) is 3.32. The Morgan fingerprint density at radius 2 is 1.76 bits per heavy atom. The summed E-state index contributed by atoms with van der Waals surface area (Å²) in [5.41, 5.74) is 1.42. The van der Waals surface area contributed by atoms with Crippen molar-refractivity contribution in [1.82, 2.24) is 4.98 Å². The lowest BCUT2D eigenvalue weighted by Crippen LogP contribution is -1.88. The Bertz CT molecular complexity index is 261. The van der Waals surface area contributed by atoms with Gasteiger partial charge in [0.25, 0.3) is 0 Å². The van der Waals surface area contributed by atoms with Gasteiger partial charge in [-0.3, -0.25) is 0 Å². The molecule has 1 unspecified atom stereocenters. The highest BCUT2D eigenvalue weighted by Gasteiger charge is 2.18. The Hall–Kier alpha value is -0.500. The highest BCUT2D eigenvalue weighted by Crippen LogP contribution is 2.36. The minimum atomic E-state index is 0.702. The van der Waals surface area contributed by atoms with E-state index in [0.29, 0.717) is 5.92 Å². The van der Waals surface area contributed by atoms with Crippen LogP contribution in [0.2, 0.25) is 0 Å². The lowest BCUT2D eigenvalue weighted by molar-refractivity contribution is 0.863. The molecule has 1 aromatic heterocycles. The third-order valence-corrected chi connectivity index (χ3v) is 3.08. The summed E-state index contributed by atoms with van der Waals surface area (Å²) in [7, 11) is 0. The van der Waals surface area contributed by atoms with Crippen LogP contribution in [0.25, 0.3) is 0 Å². The molecule has 1 aromatic rings. The zero-order chi connectivity index (χ0) is 13.7. The molecule has 0 amide bonds. The quantitative estimate of drug-likeness (QED) is 0.584. The fourth-order valence-corrected chi connectivity index (χ4v) is 2.35. The first-order chi connectivity index (χ1) is 8.29. The molecule has 1 nitrogen and oxygen atoms in total. The molecule has 0 saturated carbocycles. The van der Waals surface area contributed by atoms with E-state index in [0.717, 1.165) is 0 Å². The van der Waals surface area contributed by atoms with Crippen LogP contribution in [0.4, 0.5) is 0 Å². The van der Waals surface area contributed by atoms with Crippen LogP contribution in [0.15, 0.2) is 23.4 Å². The fraction of sp³-hybridized carbons (Fsp3) is 0.667. The first kappa shape index (κ1) is 18.9. The smallest absolute Gasteiger partial charge is 0.0995 e. The summed E-state index contributed by atoms with van der Waals surface area (Å²) < 4.78 is 0. The molecular weight excluding hydrogens is 226 g/mol. The minimum Gasteiger partial charge on any atom is -0.250 e. The second kappa shape index (κ2) is 13.6. The van der Waals surface area contributed by atoms with E-state index in [1.807, 2.05) is 51.7 Å². The minimum absolute atomic E-state index is 0.702. The highest BCUT2D eigenvalue weighted by molar-refractivity contribution is 7.99. The molecule has 0 aliphatic carbocycles. The molecule has 0 aromatic carbocycles. The molecule has 0 N–H and O–H groups in total. The van der Waals surface area contributed by atoms with Gasteiger partial charge in [0.05, 0.1) is 5.03 Å². The molecule has 1 aliphatic rings. The number of hydrogen-bond acceptors (Lipinski definition) is 2. The maximum absolute atomic E-state index is 4.27. The van der Waals surface area contributed by atoms with Crippen LogP contribution in [-0.2, 0) is 0 Å². The van der Waals surface area contributed by atoms with Gasteiger partial charge in [-0.05, 0) is 17.5 Å². The van der Waals surface area contributed by atoms with Crippen molar-refractivity contribution in [2.24, 2.45) is 0 Å². The molecule has 1 atom stereocenters. The van der Waals surface area contributed by atoms with E-state index in [9.17, 15) is 0 Å². The van der Waals surface area contributed by atoms with Crippen LogP contribution in [0.3, 0.4) is 0 Å². The number of fused-ring (bicyclic) bond motifs is 1. The molecule has 0 fully saturated rings. The largest absolute Gasteiger partial charge is 0.250 e. The van der Waals surface area contributed by atoms with E-state index >= 15 is 0 Å². The van der Waals surface area contributed by atoms with E-state index < -0.39 is 0 Å². The lowest BCUT2D eigenvalue weighted by atomic mass is 10.1. The number of aromatic nitrogens is 1. The van der Waals surface area contributed by atoms with Crippen LogP contribution in [0.5, 0.6) is 0 Å². The monoisotopic (exact) mass is 255 g/mol. The number of nitrogens with zero attached hydrogens (tertiary/aromatic N) is 1. The molecule has 17 heavy (non-hydrogen) atoms. The van der Waals surface area contributed by atoms with Gasteiger partial charge in [-0.15, -0.1) is 11.8 Å². The molecule has 0 radical (unpaired) electrons. The standard InChI is InChI=1S/C8H9NS.C3H8.2C2H6/c1-6-5-10-8-7(6)3-2-4-9-8;1-3-2;2*1-2/h2-4,6H,5H2,1H3;3H2,1-2H3;2*1-2H3. The Balaban J connectivity index is 0. The van der Waals surface area contributed by atoms with Crippen molar-refractivity contribution >= 4 is 11.8 Å². The average molecular weight is 255 g/mol. The first-order valence-electron chi connectivity index (χ1n) is 6.87. The second-order valence-corrected chi connectivity index (χ2v) is 4.33. The van der Waals surface area contributed by atoms with E-state index in [4.69, 9.17) is 0 Å². The zero-order valence-corrected chi connectivity index (χ0v) is 13.4. The summed E-state index contributed by atoms with van der Waals surface area (Å²) in [5.74, 6) is 1.90. The predicted octanol–water partition coefficient (Wildman–Crippen LogP) is 5.76. The highest BCUT2D eigenvalue weighted by atomic mass is 32.2. The molecule has 1 aliphatic heterocycles. The maximum atomic E-state index is 4.27. The van der Waals surface area contributed by atoms with Gasteiger partial charge in [-0.25, -0.2) is 4.98 Å². The summed E-state index contributed by atoms with van der Waals surface area (Å²) in [6, 6.07) is 4.19. The number of rotatable bonds is 0. The molecule has 0 spiro atoms. The number of hydrogen-bond donors (Lipinski definition) is 0. The van der Waals surface area contributed by atoms with Gasteiger partial charge in [0, 0.05) is 11.9 Å². The predicted molar refractivity (Wildman–Crippen MR) is 82.0 cm³/mol. The molecule has 0 bridgehead atoms. The number of pyridine rings is 1. The van der Waals surface area contributed by atoms with E-state index in [1.165, 1.54) is 22.8 Å². The van der Waals surface area contributed by atoms with Gasteiger partial charge < -0.3 is 0 Å². The SMILES string of the molecule is CC.CC.CC1CSc2ncccc21.CCC. The molecule has 2 rings (SSSR count). The van der Waals surface area contributed by atoms with Gasteiger partial charge >= 0.3 is 0 Å². The maximum Gasteiger partial charge on any atom is 0.0995 e. The molecule has 2 heteroatoms. The zero-order valence-electron chi connectivity index (χ0n) is 12.6. The topological polar surface area (TPSA) is 12.9 Å². The van der Waals surface area contributed by atoms with Gasteiger partial charge in [0.15, 0.2) is 0 Å². The Morgan fingerprint density at radius 1 is 1.24 bits per heavy atom. The van der Waals surface area contributed by atoms with Gasteiger partial charge in [0.1, 0.15) is 0 Å². The molecule has 2 heterocycles. The van der Waals surface area contributed by atoms with E-state index in [-0.39, 0.29) is 0 Å². The summed E-state index contributed by atoms with van der Waals surface area (Å²) in [5, 5.41) is 1.23. The average Bonchev–Trinajstić information content (AvgIpc) is 2.78. The molecular formula is C15H29NS. The third-order valence-electron chi connectivity index (χ3n) is 1.80. The first-order valence-corrected chi connectivity index (χ1v) is 7.85. The molecule has 0 saturated heterocycles. The van der Waals surface area contributed by atoms with Crippen molar-refractivity contribution < 1.29 is 0 Å². The van der Waals surface area contributed by atoms with Crippen molar-refractivity contribution in [3.63, 3.8) is 0 Å². The lowest BCUT2D eigenvalue weighted by Gasteiger charge is -1.98. The van der Waals surface area contributed by atoms with E-state index in [2.05, 4.69) is 31.8 Å². The molecule has 100 valence electrons. The summed E-state index contributed by atoms with van der Waals surface area (Å²) in [6.07, 6.45) is 3.11. The fourth-order valence-electron chi connectivity index (χ4n) is 1.19. The van der Waals surface area contributed by atoms with Crippen molar-refractivity contribution in [3.8, 4) is 0 Å². The van der Waals surface area contributed by atoms with Crippen LogP contribution >= 0.6 is 11.8 Å².